The van der Waals surface area contributed by atoms with E-state index in [0.717, 1.165) is 56.6 Å². The van der Waals surface area contributed by atoms with Gasteiger partial charge in [0.1, 0.15) is 0 Å². The van der Waals surface area contributed by atoms with Gasteiger partial charge in [-0.2, -0.15) is 13.2 Å². The van der Waals surface area contributed by atoms with Gasteiger partial charge in [-0.15, -0.1) is 0 Å². The van der Waals surface area contributed by atoms with E-state index in [9.17, 15) is 13.2 Å². The number of alkyl halides is 3. The molecule has 27 heavy (non-hydrogen) atoms. The highest BCUT2D eigenvalue weighted by molar-refractivity contribution is 6.33. The number of benzene rings is 2. The zero-order chi connectivity index (χ0) is 18.8. The Morgan fingerprint density at radius 1 is 1.15 bits per heavy atom. The maximum absolute atomic E-state index is 13.0. The van der Waals surface area contributed by atoms with Crippen molar-refractivity contribution in [3.63, 3.8) is 0 Å². The largest absolute Gasteiger partial charge is 0.416 e. The van der Waals surface area contributed by atoms with E-state index in [1.54, 1.807) is 0 Å². The molecule has 2 aromatic rings. The molecule has 6 heteroatoms. The van der Waals surface area contributed by atoms with Crippen molar-refractivity contribution in [1.82, 2.24) is 5.32 Å². The van der Waals surface area contributed by atoms with Crippen molar-refractivity contribution in [2.24, 2.45) is 0 Å². The number of aryl methyl sites for hydroxylation is 1. The standard InChI is InChI=1S/C21H20ClF3N2/c22-18-10-14(21(23,24)25)3-4-15(18)13-8-12-2-1-7-27-19-5-6-26-11-17(19)16(9-13)20(12)27/h3-4,8-10,17,19,26H,1-2,5-7,11H2/t17-,19-/m1/s1. The molecule has 3 aliphatic rings. The van der Waals surface area contributed by atoms with Gasteiger partial charge >= 0.3 is 6.18 Å². The third-order valence-electron chi connectivity index (χ3n) is 6.20. The molecule has 0 amide bonds. The minimum absolute atomic E-state index is 0.154. The molecule has 0 saturated carbocycles. The molecular formula is C21H20ClF3N2. The van der Waals surface area contributed by atoms with Gasteiger partial charge in [-0.1, -0.05) is 17.7 Å². The maximum atomic E-state index is 13.0. The highest BCUT2D eigenvalue weighted by Crippen LogP contribution is 2.49. The van der Waals surface area contributed by atoms with Crippen LogP contribution >= 0.6 is 11.6 Å². The molecule has 0 aromatic heterocycles. The lowest BCUT2D eigenvalue weighted by atomic mass is 9.87. The summed E-state index contributed by atoms with van der Waals surface area (Å²) in [6.45, 7) is 3.10. The van der Waals surface area contributed by atoms with E-state index in [2.05, 4.69) is 22.3 Å². The Bertz CT molecular complexity index is 909. The number of piperidine rings is 1. The van der Waals surface area contributed by atoms with Crippen molar-refractivity contribution in [3.8, 4) is 11.1 Å². The van der Waals surface area contributed by atoms with Gasteiger partial charge in [0.25, 0.3) is 0 Å². The zero-order valence-electron chi connectivity index (χ0n) is 14.7. The first-order chi connectivity index (χ1) is 12.9. The number of halogens is 4. The van der Waals surface area contributed by atoms with Crippen LogP contribution in [-0.2, 0) is 12.6 Å². The van der Waals surface area contributed by atoms with Crippen LogP contribution in [0, 0.1) is 0 Å². The quantitative estimate of drug-likeness (QED) is 0.714. The van der Waals surface area contributed by atoms with Gasteiger partial charge in [-0.3, -0.25) is 0 Å². The lowest BCUT2D eigenvalue weighted by Crippen LogP contribution is -2.45. The summed E-state index contributed by atoms with van der Waals surface area (Å²) in [6, 6.07) is 8.49. The molecule has 5 rings (SSSR count). The van der Waals surface area contributed by atoms with Crippen LogP contribution < -0.4 is 10.2 Å². The monoisotopic (exact) mass is 392 g/mol. The van der Waals surface area contributed by atoms with Crippen LogP contribution in [-0.4, -0.2) is 25.7 Å². The molecule has 2 nitrogen and oxygen atoms in total. The number of rotatable bonds is 1. The van der Waals surface area contributed by atoms with Crippen LogP contribution in [0.4, 0.5) is 18.9 Å². The number of hydrogen-bond acceptors (Lipinski definition) is 2. The predicted octanol–water partition coefficient (Wildman–Crippen LogP) is 5.24. The van der Waals surface area contributed by atoms with Crippen LogP contribution in [0.1, 0.15) is 35.4 Å². The van der Waals surface area contributed by atoms with Crippen LogP contribution in [0.3, 0.4) is 0 Å². The van der Waals surface area contributed by atoms with Crippen LogP contribution in [0.25, 0.3) is 11.1 Å². The second-order valence-corrected chi connectivity index (χ2v) is 8.14. The van der Waals surface area contributed by atoms with Gasteiger partial charge in [-0.05, 0) is 66.8 Å². The van der Waals surface area contributed by atoms with Crippen molar-refractivity contribution in [1.29, 1.82) is 0 Å². The van der Waals surface area contributed by atoms with Crippen molar-refractivity contribution < 1.29 is 13.2 Å². The Morgan fingerprint density at radius 2 is 2.00 bits per heavy atom. The van der Waals surface area contributed by atoms with Gasteiger partial charge < -0.3 is 10.2 Å². The Morgan fingerprint density at radius 3 is 2.78 bits per heavy atom. The third-order valence-corrected chi connectivity index (χ3v) is 6.52. The molecule has 0 spiro atoms. The van der Waals surface area contributed by atoms with Crippen molar-refractivity contribution >= 4 is 17.3 Å². The second-order valence-electron chi connectivity index (χ2n) is 7.73. The first-order valence-corrected chi connectivity index (χ1v) is 9.82. The van der Waals surface area contributed by atoms with Crippen molar-refractivity contribution in [3.05, 3.63) is 52.0 Å². The normalized spacial score (nSPS) is 23.9. The summed E-state index contributed by atoms with van der Waals surface area (Å²) >= 11 is 6.27. The summed E-state index contributed by atoms with van der Waals surface area (Å²) in [6.07, 6.45) is -1.12. The molecule has 0 aliphatic carbocycles. The van der Waals surface area contributed by atoms with Gasteiger partial charge in [-0.25, -0.2) is 0 Å². The summed E-state index contributed by atoms with van der Waals surface area (Å²) in [7, 11) is 0. The summed E-state index contributed by atoms with van der Waals surface area (Å²) in [5.74, 6) is 0.443. The highest BCUT2D eigenvalue weighted by atomic mass is 35.5. The summed E-state index contributed by atoms with van der Waals surface area (Å²) in [4.78, 5) is 2.57. The van der Waals surface area contributed by atoms with E-state index in [-0.39, 0.29) is 5.02 Å². The molecule has 2 aromatic carbocycles. The molecule has 3 heterocycles. The molecule has 0 bridgehead atoms. The van der Waals surface area contributed by atoms with Crippen LogP contribution in [0.15, 0.2) is 30.3 Å². The Balaban J connectivity index is 1.62. The Hall–Kier alpha value is -1.72. The van der Waals surface area contributed by atoms with Gasteiger partial charge in [0.15, 0.2) is 0 Å². The van der Waals surface area contributed by atoms with Crippen molar-refractivity contribution in [2.75, 3.05) is 24.5 Å². The molecule has 1 fully saturated rings. The SMILES string of the molecule is FC(F)(F)c1ccc(-c2cc3c4c(c2)[C@H]2CNCC[C@H]2N4CCC3)c(Cl)c1. The smallest absolute Gasteiger partial charge is 0.367 e. The van der Waals surface area contributed by atoms with E-state index < -0.39 is 11.7 Å². The Kier molecular flexibility index (Phi) is 3.96. The van der Waals surface area contributed by atoms with Crippen molar-refractivity contribution in [2.45, 2.75) is 37.4 Å². The first kappa shape index (κ1) is 17.4. The molecule has 1 saturated heterocycles. The lowest BCUT2D eigenvalue weighted by Gasteiger charge is -2.36. The minimum Gasteiger partial charge on any atom is -0.367 e. The molecule has 3 aliphatic heterocycles. The van der Waals surface area contributed by atoms with Gasteiger partial charge in [0, 0.05) is 41.3 Å². The number of anilines is 1. The topological polar surface area (TPSA) is 15.3 Å². The number of hydrogen-bond donors (Lipinski definition) is 1. The maximum Gasteiger partial charge on any atom is 0.416 e. The summed E-state index contributed by atoms with van der Waals surface area (Å²) in [5.41, 5.74) is 4.89. The molecule has 0 radical (unpaired) electrons. The highest BCUT2D eigenvalue weighted by Gasteiger charge is 2.42. The molecule has 0 unspecified atom stereocenters. The molecule has 142 valence electrons. The summed E-state index contributed by atoms with van der Waals surface area (Å²) in [5, 5.41) is 3.65. The fourth-order valence-corrected chi connectivity index (χ4v) is 5.33. The lowest BCUT2D eigenvalue weighted by molar-refractivity contribution is -0.137. The number of fused-ring (bicyclic) bond motifs is 3. The first-order valence-electron chi connectivity index (χ1n) is 9.45. The van der Waals surface area contributed by atoms with E-state index >= 15 is 0 Å². The van der Waals surface area contributed by atoms with Gasteiger partial charge in [0.05, 0.1) is 5.56 Å². The third kappa shape index (κ3) is 2.74. The number of nitrogens with zero attached hydrogens (tertiary/aromatic N) is 1. The second kappa shape index (κ2) is 6.14. The zero-order valence-corrected chi connectivity index (χ0v) is 15.5. The molecule has 1 N–H and O–H groups in total. The summed E-state index contributed by atoms with van der Waals surface area (Å²) < 4.78 is 38.9. The van der Waals surface area contributed by atoms with E-state index in [1.807, 2.05) is 0 Å². The molecular weight excluding hydrogens is 373 g/mol. The Labute approximate surface area is 161 Å². The van der Waals surface area contributed by atoms with Gasteiger partial charge in [0.2, 0.25) is 0 Å². The van der Waals surface area contributed by atoms with E-state index in [0.29, 0.717) is 17.5 Å². The minimum atomic E-state index is -4.38. The van der Waals surface area contributed by atoms with Crippen LogP contribution in [0.2, 0.25) is 5.02 Å². The fraction of sp³-hybridized carbons (Fsp3) is 0.429. The predicted molar refractivity (Wildman–Crippen MR) is 102 cm³/mol. The average Bonchev–Trinajstić information content (AvgIpc) is 2.97. The van der Waals surface area contributed by atoms with Crippen LogP contribution in [0.5, 0.6) is 0 Å². The molecule has 2 atom stereocenters. The van der Waals surface area contributed by atoms with E-state index in [4.69, 9.17) is 11.6 Å². The average molecular weight is 393 g/mol. The fourth-order valence-electron chi connectivity index (χ4n) is 5.04. The number of nitrogens with one attached hydrogen (secondary N) is 1. The van der Waals surface area contributed by atoms with E-state index in [1.165, 1.54) is 22.9 Å².